The molecule has 1 heterocycles. The maximum Gasteiger partial charge on any atom is 0.264 e. The average Bonchev–Trinajstić information content (AvgIpc) is 2.51. The van der Waals surface area contributed by atoms with Crippen LogP contribution < -0.4 is 0 Å². The van der Waals surface area contributed by atoms with Crippen molar-refractivity contribution in [2.45, 2.75) is 0 Å². The summed E-state index contributed by atoms with van der Waals surface area (Å²) in [4.78, 5) is 4.49. The van der Waals surface area contributed by atoms with Crippen molar-refractivity contribution in [3.8, 4) is 11.3 Å². The Hall–Kier alpha value is -0.510. The molecule has 2 rings (SSSR count). The van der Waals surface area contributed by atoms with Gasteiger partial charge in [-0.1, -0.05) is 29.3 Å². The van der Waals surface area contributed by atoms with Crippen molar-refractivity contribution in [2.24, 2.45) is 0 Å². The van der Waals surface area contributed by atoms with Gasteiger partial charge in [0, 0.05) is 21.5 Å². The quantitative estimate of drug-likeness (QED) is 0.778. The summed E-state index contributed by atoms with van der Waals surface area (Å²) in [6, 6.07) is 5.29. The Morgan fingerprint density at radius 1 is 1.21 bits per heavy atom. The summed E-state index contributed by atoms with van der Waals surface area (Å²) in [6.45, 7) is 0. The highest BCUT2D eigenvalue weighted by Gasteiger charge is 2.11. The van der Waals surface area contributed by atoms with Crippen molar-refractivity contribution < 1.29 is 4.42 Å². The molecule has 0 aliphatic heterocycles. The second-order valence-corrected chi connectivity index (χ2v) is 4.08. The van der Waals surface area contributed by atoms with Gasteiger partial charge in [0.2, 0.25) is 0 Å². The van der Waals surface area contributed by atoms with E-state index in [0.717, 1.165) is 0 Å². The molecule has 0 fully saturated rings. The molecule has 0 aliphatic carbocycles. The topological polar surface area (TPSA) is 26.0 Å². The number of halogens is 3. The van der Waals surface area contributed by atoms with Crippen molar-refractivity contribution in [2.75, 3.05) is 0 Å². The molecule has 72 valence electrons. The minimum absolute atomic E-state index is 0.406. The van der Waals surface area contributed by atoms with Crippen LogP contribution in [-0.2, 0) is 0 Å². The highest BCUT2D eigenvalue weighted by atomic mass is 79.9. The predicted octanol–water partition coefficient (Wildman–Crippen LogP) is 4.41. The molecule has 0 amide bonds. The Labute approximate surface area is 99.0 Å². The maximum atomic E-state index is 5.99. The molecule has 0 N–H and O–H groups in total. The minimum atomic E-state index is 0.406. The van der Waals surface area contributed by atoms with Crippen LogP contribution in [0.3, 0.4) is 0 Å². The van der Waals surface area contributed by atoms with Crippen LogP contribution in [0.4, 0.5) is 0 Å². The van der Waals surface area contributed by atoms with Crippen molar-refractivity contribution >= 4 is 39.1 Å². The zero-order valence-electron chi connectivity index (χ0n) is 6.80. The van der Waals surface area contributed by atoms with Gasteiger partial charge in [-0.05, 0) is 12.1 Å². The Kier molecular flexibility index (Phi) is 2.81. The lowest BCUT2D eigenvalue weighted by Gasteiger charge is -2.01. The SMILES string of the molecule is Clc1cccc(Cl)c1-c1coc(Br)n1. The number of rotatable bonds is 1. The van der Waals surface area contributed by atoms with Gasteiger partial charge in [-0.2, -0.15) is 0 Å². The fourth-order valence-corrected chi connectivity index (χ4v) is 1.98. The third-order valence-corrected chi connectivity index (χ3v) is 2.69. The summed E-state index contributed by atoms with van der Waals surface area (Å²) in [7, 11) is 0. The zero-order chi connectivity index (χ0) is 10.1. The van der Waals surface area contributed by atoms with Gasteiger partial charge in [-0.25, -0.2) is 4.98 Å². The predicted molar refractivity (Wildman–Crippen MR) is 59.7 cm³/mol. The van der Waals surface area contributed by atoms with E-state index < -0.39 is 0 Å². The van der Waals surface area contributed by atoms with Crippen LogP contribution in [-0.4, -0.2) is 4.98 Å². The smallest absolute Gasteiger partial charge is 0.264 e. The molecule has 14 heavy (non-hydrogen) atoms. The third kappa shape index (κ3) is 1.80. The first-order chi connectivity index (χ1) is 6.68. The van der Waals surface area contributed by atoms with Gasteiger partial charge in [0.15, 0.2) is 0 Å². The molecule has 1 aromatic heterocycles. The Morgan fingerprint density at radius 2 is 1.86 bits per heavy atom. The minimum Gasteiger partial charge on any atom is -0.439 e. The number of aromatic nitrogens is 1. The Morgan fingerprint density at radius 3 is 2.36 bits per heavy atom. The summed E-state index contributed by atoms with van der Waals surface area (Å²) < 4.78 is 5.02. The molecular weight excluding hydrogens is 289 g/mol. The van der Waals surface area contributed by atoms with Gasteiger partial charge in [0.1, 0.15) is 12.0 Å². The van der Waals surface area contributed by atoms with E-state index >= 15 is 0 Å². The van der Waals surface area contributed by atoms with Crippen LogP contribution in [0, 0.1) is 0 Å². The first kappa shape index (κ1) is 10.0. The van der Waals surface area contributed by atoms with Crippen LogP contribution >= 0.6 is 39.1 Å². The monoisotopic (exact) mass is 291 g/mol. The van der Waals surface area contributed by atoms with Crippen LogP contribution in [0.25, 0.3) is 11.3 Å². The van der Waals surface area contributed by atoms with Crippen molar-refractivity contribution in [1.29, 1.82) is 0 Å². The number of benzene rings is 1. The lowest BCUT2D eigenvalue weighted by molar-refractivity contribution is 0.529. The number of nitrogens with zero attached hydrogens (tertiary/aromatic N) is 1. The molecule has 2 aromatic rings. The van der Waals surface area contributed by atoms with Crippen molar-refractivity contribution in [3.05, 3.63) is 39.3 Å². The van der Waals surface area contributed by atoms with Crippen molar-refractivity contribution in [1.82, 2.24) is 4.98 Å². The maximum absolute atomic E-state index is 5.99. The normalized spacial score (nSPS) is 10.5. The van der Waals surface area contributed by atoms with Gasteiger partial charge < -0.3 is 4.42 Å². The largest absolute Gasteiger partial charge is 0.439 e. The summed E-state index contributed by atoms with van der Waals surface area (Å²) in [5.74, 6) is 0. The van der Waals surface area contributed by atoms with Gasteiger partial charge in [-0.15, -0.1) is 0 Å². The zero-order valence-corrected chi connectivity index (χ0v) is 9.90. The van der Waals surface area contributed by atoms with Crippen LogP contribution in [0.2, 0.25) is 10.0 Å². The Bertz CT molecular complexity index is 449. The summed E-state index contributed by atoms with van der Waals surface area (Å²) in [5.41, 5.74) is 1.30. The van der Waals surface area contributed by atoms with Gasteiger partial charge in [-0.3, -0.25) is 0 Å². The van der Waals surface area contributed by atoms with E-state index in [-0.39, 0.29) is 0 Å². The molecule has 5 heteroatoms. The molecule has 0 saturated carbocycles. The molecule has 0 bridgehead atoms. The first-order valence-electron chi connectivity index (χ1n) is 3.74. The van der Waals surface area contributed by atoms with Crippen molar-refractivity contribution in [3.63, 3.8) is 0 Å². The standard InChI is InChI=1S/C9H4BrCl2NO/c10-9-13-7(4-14-9)8-5(11)2-1-3-6(8)12/h1-4H. The number of hydrogen-bond donors (Lipinski definition) is 0. The molecule has 1 aromatic carbocycles. The lowest BCUT2D eigenvalue weighted by atomic mass is 10.2. The van der Waals surface area contributed by atoms with E-state index in [0.29, 0.717) is 26.1 Å². The summed E-state index contributed by atoms with van der Waals surface area (Å²) in [6.07, 6.45) is 1.50. The summed E-state index contributed by atoms with van der Waals surface area (Å²) in [5, 5.41) is 1.11. The fraction of sp³-hybridized carbons (Fsp3) is 0. The van der Waals surface area contributed by atoms with Gasteiger partial charge >= 0.3 is 0 Å². The molecule has 0 radical (unpaired) electrons. The first-order valence-corrected chi connectivity index (χ1v) is 5.29. The second-order valence-electron chi connectivity index (χ2n) is 2.58. The van der Waals surface area contributed by atoms with Crippen LogP contribution in [0.1, 0.15) is 0 Å². The molecule has 0 spiro atoms. The van der Waals surface area contributed by atoms with E-state index in [1.54, 1.807) is 18.2 Å². The van der Waals surface area contributed by atoms with E-state index in [1.165, 1.54) is 6.26 Å². The lowest BCUT2D eigenvalue weighted by Crippen LogP contribution is -1.80. The fourth-order valence-electron chi connectivity index (χ4n) is 1.11. The highest BCUT2D eigenvalue weighted by molar-refractivity contribution is 9.10. The van der Waals surface area contributed by atoms with Crippen LogP contribution in [0.15, 0.2) is 33.7 Å². The van der Waals surface area contributed by atoms with E-state index in [4.69, 9.17) is 27.6 Å². The highest BCUT2D eigenvalue weighted by Crippen LogP contribution is 2.34. The molecule has 0 aliphatic rings. The third-order valence-electron chi connectivity index (χ3n) is 1.70. The molecule has 0 unspecified atom stereocenters. The van der Waals surface area contributed by atoms with E-state index in [9.17, 15) is 0 Å². The van der Waals surface area contributed by atoms with E-state index in [1.807, 2.05) is 0 Å². The average molecular weight is 293 g/mol. The molecule has 0 saturated heterocycles. The summed E-state index contributed by atoms with van der Waals surface area (Å²) >= 11 is 15.1. The number of hydrogen-bond acceptors (Lipinski definition) is 2. The number of oxazole rings is 1. The van der Waals surface area contributed by atoms with Gasteiger partial charge in [0.05, 0.1) is 10.0 Å². The molecule has 0 atom stereocenters. The van der Waals surface area contributed by atoms with E-state index in [2.05, 4.69) is 20.9 Å². The molecular formula is C9H4BrCl2NO. The van der Waals surface area contributed by atoms with Gasteiger partial charge in [0.25, 0.3) is 4.80 Å². The Balaban J connectivity index is 2.61. The molecule has 2 nitrogen and oxygen atoms in total. The van der Waals surface area contributed by atoms with Crippen LogP contribution in [0.5, 0.6) is 0 Å². The second kappa shape index (κ2) is 3.93.